The molecule has 146 valence electrons. The predicted octanol–water partition coefficient (Wildman–Crippen LogP) is 3.77. The molecule has 3 rings (SSSR count). The molecule has 0 saturated heterocycles. The molecule has 1 aromatic carbocycles. The van der Waals surface area contributed by atoms with E-state index < -0.39 is 10.0 Å². The number of rotatable bonds is 3. The molecule has 0 aliphatic carbocycles. The molecule has 0 atom stereocenters. The van der Waals surface area contributed by atoms with Crippen molar-refractivity contribution in [1.82, 2.24) is 9.29 Å². The fourth-order valence-corrected chi connectivity index (χ4v) is 5.10. The van der Waals surface area contributed by atoms with Crippen LogP contribution in [0.25, 0.3) is 0 Å². The lowest BCUT2D eigenvalue weighted by atomic mass is 9.82. The molecule has 1 aromatic heterocycles. The van der Waals surface area contributed by atoms with Gasteiger partial charge in [0, 0.05) is 38.4 Å². The number of aromatic nitrogens is 1. The largest absolute Gasteiger partial charge is 0.362 e. The van der Waals surface area contributed by atoms with Gasteiger partial charge in [-0.15, -0.1) is 0 Å². The minimum absolute atomic E-state index is 0.131. The third kappa shape index (κ3) is 3.48. The van der Waals surface area contributed by atoms with E-state index >= 15 is 0 Å². The first-order valence-electron chi connectivity index (χ1n) is 9.20. The summed E-state index contributed by atoms with van der Waals surface area (Å²) in [5, 5.41) is 0. The monoisotopic (exact) mass is 387 g/mol. The number of aryl methyl sites for hydroxylation is 2. The molecule has 6 heteroatoms. The summed E-state index contributed by atoms with van der Waals surface area (Å²) in [5.41, 5.74) is 5.10. The predicted molar refractivity (Wildman–Crippen MR) is 110 cm³/mol. The maximum atomic E-state index is 13.2. The van der Waals surface area contributed by atoms with Crippen LogP contribution in [-0.4, -0.2) is 31.8 Å². The van der Waals surface area contributed by atoms with E-state index in [1.807, 2.05) is 45.0 Å². The van der Waals surface area contributed by atoms with Crippen molar-refractivity contribution in [2.75, 3.05) is 19.0 Å². The molecule has 0 bridgehead atoms. The van der Waals surface area contributed by atoms with E-state index in [9.17, 15) is 8.42 Å². The Morgan fingerprint density at radius 2 is 1.56 bits per heavy atom. The van der Waals surface area contributed by atoms with Gasteiger partial charge < -0.3 is 4.90 Å². The van der Waals surface area contributed by atoms with Crippen LogP contribution in [0.3, 0.4) is 0 Å². The van der Waals surface area contributed by atoms with Crippen molar-refractivity contribution in [3.63, 3.8) is 0 Å². The Morgan fingerprint density at radius 1 is 1.00 bits per heavy atom. The van der Waals surface area contributed by atoms with Gasteiger partial charge in [0.1, 0.15) is 5.82 Å². The second kappa shape index (κ2) is 6.60. The normalized spacial score (nSPS) is 15.1. The molecule has 2 heterocycles. The van der Waals surface area contributed by atoms with E-state index in [-0.39, 0.29) is 5.41 Å². The summed E-state index contributed by atoms with van der Waals surface area (Å²) in [4.78, 5) is 7.18. The molecule has 0 radical (unpaired) electrons. The Balaban J connectivity index is 2.11. The number of benzene rings is 1. The molecule has 27 heavy (non-hydrogen) atoms. The zero-order valence-corrected chi connectivity index (χ0v) is 18.1. The SMILES string of the molecule is Cc1ccc(S(=O)(=O)N2Cc3c(C)nc(N(C)C)c(C(C)(C)C)c3C2)cc1. The highest BCUT2D eigenvalue weighted by Crippen LogP contribution is 2.41. The molecule has 0 unspecified atom stereocenters. The van der Waals surface area contributed by atoms with E-state index in [4.69, 9.17) is 4.98 Å². The third-order valence-corrected chi connectivity index (χ3v) is 6.91. The van der Waals surface area contributed by atoms with Gasteiger partial charge in [-0.05, 0) is 42.5 Å². The smallest absolute Gasteiger partial charge is 0.243 e. The summed E-state index contributed by atoms with van der Waals surface area (Å²) in [7, 11) is 0.427. The molecule has 1 aliphatic rings. The lowest BCUT2D eigenvalue weighted by Gasteiger charge is -2.29. The van der Waals surface area contributed by atoms with Crippen molar-refractivity contribution >= 4 is 15.8 Å². The molecule has 1 aliphatic heterocycles. The highest BCUT2D eigenvalue weighted by atomic mass is 32.2. The lowest BCUT2D eigenvalue weighted by Crippen LogP contribution is -2.26. The maximum absolute atomic E-state index is 13.2. The second-order valence-electron chi connectivity index (χ2n) is 8.58. The Bertz CT molecular complexity index is 972. The van der Waals surface area contributed by atoms with Crippen LogP contribution < -0.4 is 4.90 Å². The standard InChI is InChI=1S/C21H29N3O2S/c1-14-8-10-16(11-9-14)27(25,26)24-12-17-15(2)22-20(23(6)7)19(18(17)13-24)21(3,4)5/h8-11H,12-13H2,1-7H3. The van der Waals surface area contributed by atoms with E-state index in [0.717, 1.165) is 33.8 Å². The Kier molecular flexibility index (Phi) is 4.85. The average Bonchev–Trinajstić information content (AvgIpc) is 3.00. The minimum atomic E-state index is -3.54. The van der Waals surface area contributed by atoms with Gasteiger partial charge in [-0.3, -0.25) is 0 Å². The van der Waals surface area contributed by atoms with Gasteiger partial charge in [-0.25, -0.2) is 13.4 Å². The van der Waals surface area contributed by atoms with Crippen molar-refractivity contribution in [2.45, 2.75) is 58.0 Å². The molecule has 5 nitrogen and oxygen atoms in total. The van der Waals surface area contributed by atoms with Gasteiger partial charge >= 0.3 is 0 Å². The van der Waals surface area contributed by atoms with Gasteiger partial charge in [0.25, 0.3) is 0 Å². The van der Waals surface area contributed by atoms with Crippen molar-refractivity contribution in [3.05, 3.63) is 52.2 Å². The molecule has 2 aromatic rings. The first kappa shape index (κ1) is 19.8. The van der Waals surface area contributed by atoms with Gasteiger partial charge in [0.15, 0.2) is 0 Å². The van der Waals surface area contributed by atoms with Gasteiger partial charge in [-0.2, -0.15) is 4.31 Å². The van der Waals surface area contributed by atoms with Crippen LogP contribution in [0.15, 0.2) is 29.2 Å². The lowest BCUT2D eigenvalue weighted by molar-refractivity contribution is 0.429. The van der Waals surface area contributed by atoms with Crippen molar-refractivity contribution in [3.8, 4) is 0 Å². The molecule has 0 N–H and O–H groups in total. The van der Waals surface area contributed by atoms with E-state index in [1.54, 1.807) is 16.4 Å². The summed E-state index contributed by atoms with van der Waals surface area (Å²) < 4.78 is 28.0. The third-order valence-electron chi connectivity index (χ3n) is 5.10. The van der Waals surface area contributed by atoms with Gasteiger partial charge in [0.05, 0.1) is 4.90 Å². The summed E-state index contributed by atoms with van der Waals surface area (Å²) in [6.45, 7) is 11.2. The maximum Gasteiger partial charge on any atom is 0.243 e. The van der Waals surface area contributed by atoms with E-state index in [0.29, 0.717) is 18.0 Å². The highest BCUT2D eigenvalue weighted by Gasteiger charge is 2.37. The number of pyridine rings is 1. The van der Waals surface area contributed by atoms with Crippen molar-refractivity contribution in [2.24, 2.45) is 0 Å². The highest BCUT2D eigenvalue weighted by molar-refractivity contribution is 7.89. The first-order chi connectivity index (χ1) is 12.4. The van der Waals surface area contributed by atoms with Crippen LogP contribution in [0.5, 0.6) is 0 Å². The van der Waals surface area contributed by atoms with E-state index in [1.165, 1.54) is 0 Å². The quantitative estimate of drug-likeness (QED) is 0.805. The zero-order chi connectivity index (χ0) is 20.1. The molecule has 0 amide bonds. The van der Waals surface area contributed by atoms with Crippen LogP contribution in [0.4, 0.5) is 5.82 Å². The molecular weight excluding hydrogens is 358 g/mol. The molecule has 0 spiro atoms. The number of anilines is 1. The average molecular weight is 388 g/mol. The second-order valence-corrected chi connectivity index (χ2v) is 10.5. The van der Waals surface area contributed by atoms with Crippen LogP contribution in [0.1, 0.15) is 48.7 Å². The first-order valence-corrected chi connectivity index (χ1v) is 10.6. The van der Waals surface area contributed by atoms with Crippen LogP contribution >= 0.6 is 0 Å². The Labute approximate surface area is 163 Å². The summed E-state index contributed by atoms with van der Waals surface area (Å²) in [5.74, 6) is 0.924. The van der Waals surface area contributed by atoms with Crippen LogP contribution in [0, 0.1) is 13.8 Å². The molecular formula is C21H29N3O2S. The number of nitrogens with zero attached hydrogens (tertiary/aromatic N) is 3. The molecule has 0 fully saturated rings. The number of fused-ring (bicyclic) bond motifs is 1. The fraction of sp³-hybridized carbons (Fsp3) is 0.476. The summed E-state index contributed by atoms with van der Waals surface area (Å²) in [6, 6.07) is 7.06. The van der Waals surface area contributed by atoms with Crippen LogP contribution in [0.2, 0.25) is 0 Å². The Hall–Kier alpha value is -1.92. The number of hydrogen-bond acceptors (Lipinski definition) is 4. The van der Waals surface area contributed by atoms with E-state index in [2.05, 4.69) is 20.8 Å². The number of sulfonamides is 1. The zero-order valence-electron chi connectivity index (χ0n) is 17.3. The van der Waals surface area contributed by atoms with Crippen molar-refractivity contribution in [1.29, 1.82) is 0 Å². The fourth-order valence-electron chi connectivity index (χ4n) is 3.72. The summed E-state index contributed by atoms with van der Waals surface area (Å²) >= 11 is 0. The number of hydrogen-bond donors (Lipinski definition) is 0. The van der Waals surface area contributed by atoms with Crippen LogP contribution in [-0.2, 0) is 28.5 Å². The van der Waals surface area contributed by atoms with Gasteiger partial charge in [-0.1, -0.05) is 38.5 Å². The molecule has 0 saturated carbocycles. The topological polar surface area (TPSA) is 53.5 Å². The minimum Gasteiger partial charge on any atom is -0.362 e. The van der Waals surface area contributed by atoms with Gasteiger partial charge in [0.2, 0.25) is 10.0 Å². The summed E-state index contributed by atoms with van der Waals surface area (Å²) in [6.07, 6.45) is 0. The van der Waals surface area contributed by atoms with Crippen molar-refractivity contribution < 1.29 is 8.42 Å². The Morgan fingerprint density at radius 3 is 2.07 bits per heavy atom.